The van der Waals surface area contributed by atoms with Crippen molar-refractivity contribution in [3.8, 4) is 11.5 Å². The van der Waals surface area contributed by atoms with Crippen molar-refractivity contribution in [2.24, 2.45) is 0 Å². The van der Waals surface area contributed by atoms with E-state index in [9.17, 15) is 4.79 Å². The Morgan fingerprint density at radius 1 is 1.10 bits per heavy atom. The van der Waals surface area contributed by atoms with Gasteiger partial charge in [-0.1, -0.05) is 26.0 Å². The van der Waals surface area contributed by atoms with Crippen LogP contribution in [-0.4, -0.2) is 13.1 Å². The summed E-state index contributed by atoms with van der Waals surface area (Å²) in [6, 6.07) is 12.6. The van der Waals surface area contributed by atoms with Gasteiger partial charge in [-0.3, -0.25) is 0 Å². The van der Waals surface area contributed by atoms with Crippen molar-refractivity contribution in [2.75, 3.05) is 7.11 Å². The fraction of sp³-hybridized carbons (Fsp3) is 0.235. The quantitative estimate of drug-likeness (QED) is 0.588. The van der Waals surface area contributed by atoms with Crippen LogP contribution in [0.2, 0.25) is 0 Å². The molecule has 0 atom stereocenters. The fourth-order valence-electron chi connectivity index (χ4n) is 1.88. The first-order chi connectivity index (χ1) is 10.0. The lowest BCUT2D eigenvalue weighted by molar-refractivity contribution is 0.0734. The minimum Gasteiger partial charge on any atom is -0.496 e. The Labute approximate surface area is 133 Å². The third-order valence-electron chi connectivity index (χ3n) is 3.14. The average Bonchev–Trinajstić information content (AvgIpc) is 2.47. The number of rotatable bonds is 4. The van der Waals surface area contributed by atoms with Crippen molar-refractivity contribution in [3.63, 3.8) is 0 Å². The third kappa shape index (κ3) is 3.85. The molecule has 0 fully saturated rings. The van der Waals surface area contributed by atoms with Gasteiger partial charge in [0, 0.05) is 0 Å². The van der Waals surface area contributed by atoms with Crippen LogP contribution >= 0.6 is 15.9 Å². The van der Waals surface area contributed by atoms with Gasteiger partial charge in [-0.05, 0) is 57.7 Å². The molecule has 0 saturated heterocycles. The van der Waals surface area contributed by atoms with Crippen molar-refractivity contribution >= 4 is 21.9 Å². The van der Waals surface area contributed by atoms with Gasteiger partial charge < -0.3 is 9.47 Å². The molecule has 0 bridgehead atoms. The van der Waals surface area contributed by atoms with Gasteiger partial charge in [-0.2, -0.15) is 0 Å². The van der Waals surface area contributed by atoms with E-state index in [-0.39, 0.29) is 0 Å². The number of hydrogen-bond donors (Lipinski definition) is 0. The van der Waals surface area contributed by atoms with Gasteiger partial charge in [-0.15, -0.1) is 0 Å². The molecule has 0 N–H and O–H groups in total. The number of hydrogen-bond acceptors (Lipinski definition) is 3. The van der Waals surface area contributed by atoms with Gasteiger partial charge in [0.15, 0.2) is 0 Å². The minimum atomic E-state index is -0.393. The lowest BCUT2D eigenvalue weighted by atomic mass is 10.0. The Kier molecular flexibility index (Phi) is 5.02. The average molecular weight is 349 g/mol. The number of ether oxygens (including phenoxy) is 2. The number of carbonyl (C=O) groups excluding carboxylic acids is 1. The summed E-state index contributed by atoms with van der Waals surface area (Å²) < 4.78 is 11.2. The van der Waals surface area contributed by atoms with Crippen molar-refractivity contribution < 1.29 is 14.3 Å². The van der Waals surface area contributed by atoms with E-state index < -0.39 is 5.97 Å². The van der Waals surface area contributed by atoms with Gasteiger partial charge in [0.2, 0.25) is 0 Å². The van der Waals surface area contributed by atoms with E-state index in [1.165, 1.54) is 5.56 Å². The maximum atomic E-state index is 12.1. The van der Waals surface area contributed by atoms with E-state index in [0.717, 1.165) is 4.47 Å². The molecule has 2 rings (SSSR count). The van der Waals surface area contributed by atoms with Gasteiger partial charge in [0.25, 0.3) is 0 Å². The van der Waals surface area contributed by atoms with Gasteiger partial charge in [0.1, 0.15) is 11.5 Å². The molecular formula is C17H17BrO3. The molecule has 0 aliphatic rings. The Balaban J connectivity index is 2.12. The Morgan fingerprint density at radius 3 is 2.29 bits per heavy atom. The summed E-state index contributed by atoms with van der Waals surface area (Å²) in [5.41, 5.74) is 1.68. The summed E-state index contributed by atoms with van der Waals surface area (Å²) >= 11 is 3.35. The fourth-order valence-corrected chi connectivity index (χ4v) is 2.42. The smallest absolute Gasteiger partial charge is 0.343 e. The van der Waals surface area contributed by atoms with Gasteiger partial charge >= 0.3 is 5.97 Å². The molecule has 0 aromatic heterocycles. The second-order valence-electron chi connectivity index (χ2n) is 4.96. The molecule has 0 heterocycles. The summed E-state index contributed by atoms with van der Waals surface area (Å²) in [6.45, 7) is 4.24. The lowest BCUT2D eigenvalue weighted by Gasteiger charge is -2.09. The van der Waals surface area contributed by atoms with Crippen LogP contribution in [0, 0.1) is 0 Å². The number of methoxy groups -OCH3 is 1. The molecule has 0 radical (unpaired) electrons. The summed E-state index contributed by atoms with van der Waals surface area (Å²) in [4.78, 5) is 12.1. The van der Waals surface area contributed by atoms with Crippen molar-refractivity contribution in [2.45, 2.75) is 19.8 Å². The molecule has 21 heavy (non-hydrogen) atoms. The van der Waals surface area contributed by atoms with Crippen LogP contribution in [0.15, 0.2) is 46.9 Å². The summed E-state index contributed by atoms with van der Waals surface area (Å²) in [7, 11) is 1.58. The SMILES string of the molecule is COc1ccc(C(=O)Oc2ccc(C(C)C)cc2)cc1Br. The molecule has 4 heteroatoms. The predicted octanol–water partition coefficient (Wildman–Crippen LogP) is 4.80. The molecule has 0 aliphatic heterocycles. The Bertz CT molecular complexity index is 633. The molecule has 0 spiro atoms. The standard InChI is InChI=1S/C17H17BrO3/c1-11(2)12-4-7-14(8-5-12)21-17(19)13-6-9-16(20-3)15(18)10-13/h4-11H,1-3H3. The molecule has 110 valence electrons. The summed E-state index contributed by atoms with van der Waals surface area (Å²) in [5.74, 6) is 1.27. The molecule has 0 unspecified atom stereocenters. The molecule has 2 aromatic carbocycles. The van der Waals surface area contributed by atoms with E-state index in [1.54, 1.807) is 25.3 Å². The first kappa shape index (κ1) is 15.6. The normalized spacial score (nSPS) is 10.5. The highest BCUT2D eigenvalue weighted by atomic mass is 79.9. The van der Waals surface area contributed by atoms with Crippen molar-refractivity contribution in [1.29, 1.82) is 0 Å². The zero-order chi connectivity index (χ0) is 15.4. The molecular weight excluding hydrogens is 332 g/mol. The number of carbonyl (C=O) groups is 1. The van der Waals surface area contributed by atoms with E-state index in [1.807, 2.05) is 24.3 Å². The van der Waals surface area contributed by atoms with E-state index in [4.69, 9.17) is 9.47 Å². The van der Waals surface area contributed by atoms with Crippen molar-refractivity contribution in [3.05, 3.63) is 58.1 Å². The Hall–Kier alpha value is -1.81. The first-order valence-electron chi connectivity index (χ1n) is 6.67. The van der Waals surface area contributed by atoms with Crippen LogP contribution in [0.25, 0.3) is 0 Å². The highest BCUT2D eigenvalue weighted by molar-refractivity contribution is 9.10. The minimum absolute atomic E-state index is 0.393. The molecule has 3 nitrogen and oxygen atoms in total. The molecule has 2 aromatic rings. The van der Waals surface area contributed by atoms with Crippen LogP contribution in [0.5, 0.6) is 11.5 Å². The Morgan fingerprint density at radius 2 is 1.76 bits per heavy atom. The van der Waals surface area contributed by atoms with Crippen LogP contribution in [-0.2, 0) is 0 Å². The zero-order valence-electron chi connectivity index (χ0n) is 12.2. The summed E-state index contributed by atoms with van der Waals surface area (Å²) in [5, 5.41) is 0. The topological polar surface area (TPSA) is 35.5 Å². The number of esters is 1. The third-order valence-corrected chi connectivity index (χ3v) is 3.76. The number of benzene rings is 2. The highest BCUT2D eigenvalue weighted by Gasteiger charge is 2.11. The maximum Gasteiger partial charge on any atom is 0.343 e. The lowest BCUT2D eigenvalue weighted by Crippen LogP contribution is -2.08. The maximum absolute atomic E-state index is 12.1. The predicted molar refractivity (Wildman–Crippen MR) is 86.2 cm³/mol. The van der Waals surface area contributed by atoms with Crippen molar-refractivity contribution in [1.82, 2.24) is 0 Å². The summed E-state index contributed by atoms with van der Waals surface area (Å²) in [6.07, 6.45) is 0. The largest absolute Gasteiger partial charge is 0.496 e. The molecule has 0 aliphatic carbocycles. The molecule has 0 amide bonds. The second kappa shape index (κ2) is 6.76. The van der Waals surface area contributed by atoms with Gasteiger partial charge in [0.05, 0.1) is 17.1 Å². The monoisotopic (exact) mass is 348 g/mol. The van der Waals surface area contributed by atoms with Crippen LogP contribution in [0.1, 0.15) is 35.7 Å². The first-order valence-corrected chi connectivity index (χ1v) is 7.46. The van der Waals surface area contributed by atoms with Gasteiger partial charge in [-0.25, -0.2) is 4.79 Å². The number of halogens is 1. The van der Waals surface area contributed by atoms with E-state index >= 15 is 0 Å². The second-order valence-corrected chi connectivity index (χ2v) is 5.82. The van der Waals surface area contributed by atoms with Crippen LogP contribution in [0.4, 0.5) is 0 Å². The highest BCUT2D eigenvalue weighted by Crippen LogP contribution is 2.26. The zero-order valence-corrected chi connectivity index (χ0v) is 13.8. The van der Waals surface area contributed by atoms with E-state index in [0.29, 0.717) is 23.0 Å². The molecule has 0 saturated carbocycles. The van der Waals surface area contributed by atoms with E-state index in [2.05, 4.69) is 29.8 Å². The van der Waals surface area contributed by atoms with Crippen LogP contribution in [0.3, 0.4) is 0 Å². The van der Waals surface area contributed by atoms with Crippen LogP contribution < -0.4 is 9.47 Å².